The number of para-hydroxylation sites is 1. The predicted molar refractivity (Wildman–Crippen MR) is 76.0 cm³/mol. The van der Waals surface area contributed by atoms with Gasteiger partial charge in [0, 0.05) is 13.5 Å². The number of carbonyl (C=O) groups excluding carboxylic acids is 1. The Kier molecular flexibility index (Phi) is 6.20. The zero-order valence-corrected chi connectivity index (χ0v) is 11.6. The lowest BCUT2D eigenvalue weighted by atomic mass is 10.2. The summed E-state index contributed by atoms with van der Waals surface area (Å²) in [7, 11) is 1.66. The lowest BCUT2D eigenvalue weighted by Gasteiger charge is -2.20. The molecule has 1 aromatic rings. The second-order valence-corrected chi connectivity index (χ2v) is 4.46. The Morgan fingerprint density at radius 1 is 1.58 bits per heavy atom. The van der Waals surface area contributed by atoms with E-state index in [0.717, 1.165) is 0 Å². The Bertz CT molecular complexity index is 471. The van der Waals surface area contributed by atoms with Crippen LogP contribution in [0.3, 0.4) is 0 Å². The molecule has 2 N–H and O–H groups in total. The molecule has 5 heteroatoms. The fourth-order valence-corrected chi connectivity index (χ4v) is 1.65. The number of likely N-dealkylation sites (N-methyl/N-ethyl adjacent to an activating group) is 1. The molecule has 1 amide bonds. The zero-order valence-electron chi connectivity index (χ0n) is 10.8. The van der Waals surface area contributed by atoms with Crippen LogP contribution < -0.4 is 10.5 Å². The summed E-state index contributed by atoms with van der Waals surface area (Å²) in [5.74, 6) is 2.77. The van der Waals surface area contributed by atoms with Crippen LogP contribution in [-0.2, 0) is 4.79 Å². The van der Waals surface area contributed by atoms with Crippen molar-refractivity contribution in [3.63, 3.8) is 0 Å². The van der Waals surface area contributed by atoms with E-state index < -0.39 is 6.04 Å². The second kappa shape index (κ2) is 7.67. The third kappa shape index (κ3) is 4.82. The number of benzene rings is 1. The maximum absolute atomic E-state index is 11.8. The number of halogens is 1. The number of amides is 1. The van der Waals surface area contributed by atoms with Crippen molar-refractivity contribution in [1.29, 1.82) is 0 Å². The van der Waals surface area contributed by atoms with E-state index in [0.29, 0.717) is 23.9 Å². The summed E-state index contributed by atoms with van der Waals surface area (Å²) < 4.78 is 5.49. The van der Waals surface area contributed by atoms with Gasteiger partial charge in [0.25, 0.3) is 0 Å². The number of nitrogens with two attached hydrogens (primary N) is 1. The lowest BCUT2D eigenvalue weighted by molar-refractivity contribution is -0.131. The van der Waals surface area contributed by atoms with Crippen molar-refractivity contribution < 1.29 is 9.53 Å². The first-order valence-electron chi connectivity index (χ1n) is 5.87. The number of hydrogen-bond donors (Lipinski definition) is 1. The summed E-state index contributed by atoms with van der Waals surface area (Å²) in [6.07, 6.45) is 5.35. The molecule has 0 saturated carbocycles. The minimum atomic E-state index is -0.657. The first-order valence-corrected chi connectivity index (χ1v) is 6.25. The summed E-state index contributed by atoms with van der Waals surface area (Å²) in [5.41, 5.74) is 5.64. The molecule has 0 spiro atoms. The van der Waals surface area contributed by atoms with Crippen molar-refractivity contribution in [1.82, 2.24) is 4.90 Å². The number of terminal acetylenes is 1. The quantitative estimate of drug-likeness (QED) is 0.804. The van der Waals surface area contributed by atoms with Crippen LogP contribution in [0.15, 0.2) is 24.3 Å². The van der Waals surface area contributed by atoms with Gasteiger partial charge in [0.15, 0.2) is 0 Å². The van der Waals surface area contributed by atoms with Crippen molar-refractivity contribution in [2.75, 3.05) is 20.2 Å². The van der Waals surface area contributed by atoms with Gasteiger partial charge in [0.1, 0.15) is 12.4 Å². The molecule has 4 nitrogen and oxygen atoms in total. The molecule has 0 saturated heterocycles. The van der Waals surface area contributed by atoms with Gasteiger partial charge in [-0.15, -0.1) is 12.3 Å². The van der Waals surface area contributed by atoms with Crippen molar-refractivity contribution in [2.45, 2.75) is 12.5 Å². The Balaban J connectivity index is 2.39. The Morgan fingerprint density at radius 2 is 2.26 bits per heavy atom. The van der Waals surface area contributed by atoms with Crippen LogP contribution in [0.25, 0.3) is 0 Å². The van der Waals surface area contributed by atoms with Gasteiger partial charge in [-0.3, -0.25) is 4.79 Å². The molecule has 102 valence electrons. The molecule has 1 rings (SSSR count). The normalized spacial score (nSPS) is 11.5. The van der Waals surface area contributed by atoms with Gasteiger partial charge in [-0.1, -0.05) is 23.7 Å². The molecule has 1 atom stereocenters. The lowest BCUT2D eigenvalue weighted by Crippen LogP contribution is -2.43. The van der Waals surface area contributed by atoms with E-state index in [2.05, 4.69) is 5.92 Å². The SMILES string of the molecule is C#CCC(N)C(=O)N(C)CCOc1ccccc1Cl. The molecule has 1 unspecified atom stereocenters. The zero-order chi connectivity index (χ0) is 14.3. The maximum Gasteiger partial charge on any atom is 0.240 e. The molecule has 0 fully saturated rings. The molecule has 0 aromatic heterocycles. The summed E-state index contributed by atoms with van der Waals surface area (Å²) in [5, 5.41) is 0.542. The van der Waals surface area contributed by atoms with Crippen LogP contribution in [0.4, 0.5) is 0 Å². The van der Waals surface area contributed by atoms with Crippen molar-refractivity contribution >= 4 is 17.5 Å². The molecule has 1 aromatic carbocycles. The van der Waals surface area contributed by atoms with Crippen LogP contribution in [0.2, 0.25) is 5.02 Å². The molecule has 0 bridgehead atoms. The summed E-state index contributed by atoms with van der Waals surface area (Å²) in [6, 6.07) is 6.51. The highest BCUT2D eigenvalue weighted by Crippen LogP contribution is 2.22. The van der Waals surface area contributed by atoms with E-state index in [9.17, 15) is 4.79 Å². The number of rotatable bonds is 6. The van der Waals surface area contributed by atoms with Crippen molar-refractivity contribution in [3.05, 3.63) is 29.3 Å². The average molecular weight is 281 g/mol. The van der Waals surface area contributed by atoms with Gasteiger partial charge in [-0.25, -0.2) is 0 Å². The van der Waals surface area contributed by atoms with Crippen LogP contribution >= 0.6 is 11.6 Å². The molecule has 0 radical (unpaired) electrons. The molecular formula is C14H17ClN2O2. The second-order valence-electron chi connectivity index (χ2n) is 4.05. The number of hydrogen-bond acceptors (Lipinski definition) is 3. The molecular weight excluding hydrogens is 264 g/mol. The van der Waals surface area contributed by atoms with Gasteiger partial charge < -0.3 is 15.4 Å². The van der Waals surface area contributed by atoms with Crippen LogP contribution in [0.1, 0.15) is 6.42 Å². The highest BCUT2D eigenvalue weighted by atomic mass is 35.5. The highest BCUT2D eigenvalue weighted by molar-refractivity contribution is 6.32. The third-order valence-electron chi connectivity index (χ3n) is 2.55. The molecule has 0 aliphatic rings. The van der Waals surface area contributed by atoms with Gasteiger partial charge in [-0.05, 0) is 12.1 Å². The maximum atomic E-state index is 11.8. The van der Waals surface area contributed by atoms with Gasteiger partial charge in [-0.2, -0.15) is 0 Å². The number of ether oxygens (including phenoxy) is 1. The van der Waals surface area contributed by atoms with Crippen molar-refractivity contribution in [3.8, 4) is 18.1 Å². The van der Waals surface area contributed by atoms with E-state index in [1.807, 2.05) is 12.1 Å². The fraction of sp³-hybridized carbons (Fsp3) is 0.357. The standard InChI is InChI=1S/C14H17ClN2O2/c1-3-6-12(16)14(18)17(2)9-10-19-13-8-5-4-7-11(13)15/h1,4-5,7-8,12H,6,9-10,16H2,2H3. The van der Waals surface area contributed by atoms with Gasteiger partial charge in [0.05, 0.1) is 17.6 Å². The monoisotopic (exact) mass is 280 g/mol. The smallest absolute Gasteiger partial charge is 0.240 e. The van der Waals surface area contributed by atoms with Gasteiger partial charge in [0.2, 0.25) is 5.91 Å². The average Bonchev–Trinajstić information content (AvgIpc) is 2.40. The molecule has 0 heterocycles. The number of carbonyl (C=O) groups is 1. The van der Waals surface area contributed by atoms with E-state index in [4.69, 9.17) is 28.5 Å². The molecule has 19 heavy (non-hydrogen) atoms. The molecule has 0 aliphatic carbocycles. The van der Waals surface area contributed by atoms with Crippen LogP contribution in [-0.4, -0.2) is 37.0 Å². The largest absolute Gasteiger partial charge is 0.490 e. The van der Waals surface area contributed by atoms with Gasteiger partial charge >= 0.3 is 0 Å². The first-order chi connectivity index (χ1) is 9.06. The van der Waals surface area contributed by atoms with Crippen LogP contribution in [0.5, 0.6) is 5.75 Å². The minimum absolute atomic E-state index is 0.194. The fourth-order valence-electron chi connectivity index (χ4n) is 1.46. The first kappa shape index (κ1) is 15.4. The predicted octanol–water partition coefficient (Wildman–Crippen LogP) is 1.53. The van der Waals surface area contributed by atoms with E-state index >= 15 is 0 Å². The Labute approximate surface area is 118 Å². The summed E-state index contributed by atoms with van der Waals surface area (Å²) >= 11 is 5.95. The number of nitrogens with zero attached hydrogens (tertiary/aromatic N) is 1. The van der Waals surface area contributed by atoms with E-state index in [1.165, 1.54) is 4.90 Å². The van der Waals surface area contributed by atoms with Crippen LogP contribution in [0, 0.1) is 12.3 Å². The topological polar surface area (TPSA) is 55.6 Å². The molecule has 0 aliphatic heterocycles. The van der Waals surface area contributed by atoms with Crippen molar-refractivity contribution in [2.24, 2.45) is 5.73 Å². The summed E-state index contributed by atoms with van der Waals surface area (Å²) in [4.78, 5) is 13.3. The minimum Gasteiger partial charge on any atom is -0.490 e. The van der Waals surface area contributed by atoms with E-state index in [-0.39, 0.29) is 12.3 Å². The Morgan fingerprint density at radius 3 is 2.89 bits per heavy atom. The van der Waals surface area contributed by atoms with E-state index in [1.54, 1.807) is 19.2 Å². The highest BCUT2D eigenvalue weighted by Gasteiger charge is 2.16. The Hall–Kier alpha value is -1.70. The summed E-state index contributed by atoms with van der Waals surface area (Å²) in [6.45, 7) is 0.761. The third-order valence-corrected chi connectivity index (χ3v) is 2.86.